The molecule has 0 radical (unpaired) electrons. The number of hydrogen-bond acceptors (Lipinski definition) is 8. The fourth-order valence-corrected chi connectivity index (χ4v) is 2.31. The summed E-state index contributed by atoms with van der Waals surface area (Å²) in [6.07, 6.45) is 0. The third-order valence-electron chi connectivity index (χ3n) is 3.36. The van der Waals surface area contributed by atoms with Crippen molar-refractivity contribution in [3.8, 4) is 0 Å². The van der Waals surface area contributed by atoms with Crippen LogP contribution in [0.1, 0.15) is 11.5 Å². The quantitative estimate of drug-likeness (QED) is 0.484. The van der Waals surface area contributed by atoms with Crippen molar-refractivity contribution in [3.05, 3.63) is 48.5 Å². The van der Waals surface area contributed by atoms with Gasteiger partial charge < -0.3 is 19.4 Å². The molecular weight excluding hydrogens is 324 g/mol. The van der Waals surface area contributed by atoms with Crippen molar-refractivity contribution in [3.63, 3.8) is 0 Å². The van der Waals surface area contributed by atoms with Gasteiger partial charge in [0.25, 0.3) is 11.2 Å². The molecule has 0 aromatic carbocycles. The number of imidazole rings is 1. The number of nitro groups is 1. The summed E-state index contributed by atoms with van der Waals surface area (Å²) in [5.74, 6) is -0.145. The molecule has 1 N–H and O–H groups in total. The van der Waals surface area contributed by atoms with Crippen LogP contribution in [0.5, 0.6) is 0 Å². The van der Waals surface area contributed by atoms with Gasteiger partial charge in [-0.2, -0.15) is 0 Å². The number of methoxy groups -OCH3 is 1. The van der Waals surface area contributed by atoms with Crippen molar-refractivity contribution >= 4 is 17.1 Å². The first-order valence-corrected chi connectivity index (χ1v) is 6.69. The van der Waals surface area contributed by atoms with Crippen LogP contribution in [-0.4, -0.2) is 36.3 Å². The largest absolute Gasteiger partial charge is 0.437 e. The third-order valence-corrected chi connectivity index (χ3v) is 3.36. The highest BCUT2D eigenvalue weighted by Gasteiger charge is 2.27. The van der Waals surface area contributed by atoms with Gasteiger partial charge in [-0.05, 0) is 9.91 Å². The van der Waals surface area contributed by atoms with Crippen LogP contribution < -0.4 is 11.2 Å². The summed E-state index contributed by atoms with van der Waals surface area (Å²) in [6, 6.07) is 1.55. The van der Waals surface area contributed by atoms with E-state index >= 15 is 0 Å². The number of H-pyrrole nitrogens is 1. The smallest absolute Gasteiger partial charge is 0.390 e. The van der Waals surface area contributed by atoms with Gasteiger partial charge >= 0.3 is 11.6 Å². The first-order valence-electron chi connectivity index (χ1n) is 6.69. The predicted molar refractivity (Wildman–Crippen MR) is 78.6 cm³/mol. The van der Waals surface area contributed by atoms with Gasteiger partial charge in [0.05, 0.1) is 0 Å². The number of aromatic amines is 1. The molecule has 0 aliphatic heterocycles. The van der Waals surface area contributed by atoms with Crippen LogP contribution in [0.25, 0.3) is 11.2 Å². The van der Waals surface area contributed by atoms with Crippen LogP contribution in [0.3, 0.4) is 0 Å². The fraction of sp³-hybridized carbons (Fsp3) is 0.333. The number of fused-ring (bicyclic) bond motifs is 1. The van der Waals surface area contributed by atoms with Crippen LogP contribution in [0, 0.1) is 10.1 Å². The Bertz CT molecular complexity index is 1040. The van der Waals surface area contributed by atoms with E-state index in [2.05, 4.69) is 15.1 Å². The van der Waals surface area contributed by atoms with Crippen LogP contribution in [-0.2, 0) is 24.9 Å². The number of ether oxygens (including phenoxy) is 1. The number of aryl methyl sites for hydroxylation is 1. The Balaban J connectivity index is 2.19. The van der Waals surface area contributed by atoms with Crippen LogP contribution in [0.4, 0.5) is 5.95 Å². The molecule has 0 amide bonds. The SMILES string of the molecule is COCc1cc(Cn2c([N+](=O)[O-])nc3c2c(=O)[nH]c(=O)n3C)no1. The third kappa shape index (κ3) is 2.48. The number of aromatic nitrogens is 5. The topological polar surface area (TPSA) is 151 Å². The second kappa shape index (κ2) is 5.73. The monoisotopic (exact) mass is 336 g/mol. The first kappa shape index (κ1) is 15.6. The van der Waals surface area contributed by atoms with Crippen LogP contribution >= 0.6 is 0 Å². The van der Waals surface area contributed by atoms with Crippen LogP contribution in [0.15, 0.2) is 20.2 Å². The lowest BCUT2D eigenvalue weighted by molar-refractivity contribution is -0.396. The molecule has 3 rings (SSSR count). The van der Waals surface area contributed by atoms with Crippen molar-refractivity contribution < 1.29 is 14.2 Å². The summed E-state index contributed by atoms with van der Waals surface area (Å²) in [4.78, 5) is 40.1. The van der Waals surface area contributed by atoms with Crippen molar-refractivity contribution in [2.45, 2.75) is 13.2 Å². The molecule has 12 nitrogen and oxygen atoms in total. The highest BCUT2D eigenvalue weighted by Crippen LogP contribution is 2.19. The number of nitrogens with one attached hydrogen (secondary N) is 1. The molecule has 0 bridgehead atoms. The average molecular weight is 336 g/mol. The standard InChI is InChI=1S/C12H12N6O6/c1-16-9-8(10(19)14-12(16)20)17(11(13-9)18(21)22)4-6-3-7(5-23-2)24-15-6/h3H,4-5H2,1-2H3,(H,14,19,20). The summed E-state index contributed by atoms with van der Waals surface area (Å²) in [6.45, 7) is 0.0656. The molecule has 0 spiro atoms. The zero-order valence-electron chi connectivity index (χ0n) is 12.7. The van der Waals surface area contributed by atoms with Crippen molar-refractivity contribution in [1.82, 2.24) is 24.3 Å². The van der Waals surface area contributed by atoms with E-state index < -0.39 is 22.1 Å². The van der Waals surface area contributed by atoms with E-state index in [1.165, 1.54) is 14.2 Å². The molecule has 0 saturated heterocycles. The Labute approximate surface area is 132 Å². The van der Waals surface area contributed by atoms with Gasteiger partial charge in [0.1, 0.15) is 18.8 Å². The highest BCUT2D eigenvalue weighted by atomic mass is 16.6. The lowest BCUT2D eigenvalue weighted by Crippen LogP contribution is -2.29. The molecule has 0 unspecified atom stereocenters. The van der Waals surface area contributed by atoms with Crippen molar-refractivity contribution in [2.75, 3.05) is 7.11 Å². The minimum absolute atomic E-state index is 0.0870. The summed E-state index contributed by atoms with van der Waals surface area (Å²) < 4.78 is 12.0. The zero-order valence-corrected chi connectivity index (χ0v) is 12.7. The molecule has 0 saturated carbocycles. The van der Waals surface area contributed by atoms with Crippen molar-refractivity contribution in [1.29, 1.82) is 0 Å². The van der Waals surface area contributed by atoms with E-state index in [1.807, 2.05) is 0 Å². The van der Waals surface area contributed by atoms with E-state index in [1.54, 1.807) is 6.07 Å². The van der Waals surface area contributed by atoms with E-state index in [9.17, 15) is 19.7 Å². The van der Waals surface area contributed by atoms with Gasteiger partial charge in [-0.1, -0.05) is 5.16 Å². The minimum atomic E-state index is -0.769. The van der Waals surface area contributed by atoms with Gasteiger partial charge in [-0.25, -0.2) is 9.36 Å². The van der Waals surface area contributed by atoms with Gasteiger partial charge in [0, 0.05) is 20.2 Å². The summed E-state index contributed by atoms with van der Waals surface area (Å²) in [5.41, 5.74) is -1.32. The summed E-state index contributed by atoms with van der Waals surface area (Å²) in [5, 5.41) is 15.0. The average Bonchev–Trinajstić information content (AvgIpc) is 3.11. The molecular formula is C12H12N6O6. The highest BCUT2D eigenvalue weighted by molar-refractivity contribution is 5.72. The molecule has 0 aliphatic carbocycles. The summed E-state index contributed by atoms with van der Waals surface area (Å²) >= 11 is 0. The summed E-state index contributed by atoms with van der Waals surface area (Å²) in [7, 11) is 2.84. The maximum absolute atomic E-state index is 12.1. The molecule has 3 aromatic heterocycles. The Morgan fingerprint density at radius 2 is 2.21 bits per heavy atom. The molecule has 3 heterocycles. The van der Waals surface area contributed by atoms with E-state index in [4.69, 9.17) is 9.26 Å². The lowest BCUT2D eigenvalue weighted by atomic mass is 10.3. The molecule has 12 heteroatoms. The van der Waals surface area contributed by atoms with Gasteiger partial charge in [0.15, 0.2) is 5.76 Å². The van der Waals surface area contributed by atoms with Gasteiger partial charge in [0.2, 0.25) is 5.52 Å². The molecule has 0 atom stereocenters. The lowest BCUT2D eigenvalue weighted by Gasteiger charge is -1.99. The Morgan fingerprint density at radius 3 is 2.88 bits per heavy atom. The second-order valence-corrected chi connectivity index (χ2v) is 4.96. The zero-order chi connectivity index (χ0) is 17.4. The van der Waals surface area contributed by atoms with Gasteiger partial charge in [-0.3, -0.25) is 14.3 Å². The molecule has 126 valence electrons. The molecule has 3 aromatic rings. The van der Waals surface area contributed by atoms with E-state index in [0.29, 0.717) is 11.5 Å². The molecule has 24 heavy (non-hydrogen) atoms. The second-order valence-electron chi connectivity index (χ2n) is 4.96. The molecule has 0 fully saturated rings. The van der Waals surface area contributed by atoms with Crippen molar-refractivity contribution in [2.24, 2.45) is 7.05 Å². The Morgan fingerprint density at radius 1 is 1.46 bits per heavy atom. The Kier molecular flexibility index (Phi) is 3.73. The maximum atomic E-state index is 12.1. The Hall–Kier alpha value is -3.28. The number of nitrogens with zero attached hydrogens (tertiary/aromatic N) is 5. The predicted octanol–water partition coefficient (Wildman–Crippen LogP) is -0.486. The van der Waals surface area contributed by atoms with Crippen LogP contribution in [0.2, 0.25) is 0 Å². The maximum Gasteiger partial charge on any atom is 0.437 e. The first-order chi connectivity index (χ1) is 11.4. The van der Waals surface area contributed by atoms with E-state index in [0.717, 1.165) is 9.13 Å². The molecule has 0 aliphatic rings. The number of rotatable bonds is 5. The normalized spacial score (nSPS) is 11.2. The fourth-order valence-electron chi connectivity index (χ4n) is 2.31. The number of hydrogen-bond donors (Lipinski definition) is 1. The minimum Gasteiger partial charge on any atom is -0.390 e. The van der Waals surface area contributed by atoms with Gasteiger partial charge in [-0.15, -0.1) is 0 Å². The van der Waals surface area contributed by atoms with E-state index in [-0.39, 0.29) is 24.3 Å².